The smallest absolute Gasteiger partial charge is 0.322 e. The van der Waals surface area contributed by atoms with Crippen LogP contribution in [0.3, 0.4) is 0 Å². The first-order valence-corrected chi connectivity index (χ1v) is 8.99. The molecule has 0 bridgehead atoms. The summed E-state index contributed by atoms with van der Waals surface area (Å²) in [6.45, 7) is 0.178. The van der Waals surface area contributed by atoms with Crippen molar-refractivity contribution in [3.8, 4) is 0 Å². The monoisotopic (exact) mass is 338 g/mol. The Labute approximate surface area is 134 Å². The van der Waals surface area contributed by atoms with Crippen LogP contribution >= 0.6 is 0 Å². The van der Waals surface area contributed by atoms with Crippen molar-refractivity contribution in [2.24, 2.45) is 0 Å². The number of nitrogens with one attached hydrogen (secondary N) is 1. The molecule has 1 amide bonds. The van der Waals surface area contributed by atoms with Gasteiger partial charge in [-0.3, -0.25) is 9.59 Å². The van der Waals surface area contributed by atoms with Crippen LogP contribution in [0.1, 0.15) is 36.0 Å². The highest BCUT2D eigenvalue weighted by atomic mass is 32.2. The molecule has 1 saturated heterocycles. The van der Waals surface area contributed by atoms with Gasteiger partial charge in [-0.2, -0.15) is 4.31 Å². The first-order valence-electron chi connectivity index (χ1n) is 7.55. The second kappa shape index (κ2) is 5.93. The van der Waals surface area contributed by atoms with E-state index < -0.39 is 22.0 Å². The molecule has 8 heteroatoms. The minimum atomic E-state index is -3.93. The zero-order valence-corrected chi connectivity index (χ0v) is 13.3. The number of sulfonamides is 1. The number of hydrogen-bond acceptors (Lipinski definition) is 4. The lowest BCUT2D eigenvalue weighted by Crippen LogP contribution is -2.40. The second-order valence-corrected chi connectivity index (χ2v) is 7.78. The van der Waals surface area contributed by atoms with E-state index in [9.17, 15) is 23.1 Å². The molecule has 124 valence electrons. The molecule has 1 atom stereocenters. The van der Waals surface area contributed by atoms with Crippen LogP contribution in [0.15, 0.2) is 29.2 Å². The molecule has 0 unspecified atom stereocenters. The third-order valence-corrected chi connectivity index (χ3v) is 6.01. The summed E-state index contributed by atoms with van der Waals surface area (Å²) >= 11 is 0. The Morgan fingerprint density at radius 2 is 1.96 bits per heavy atom. The molecule has 0 spiro atoms. The molecule has 1 heterocycles. The second-order valence-electron chi connectivity index (χ2n) is 5.89. The SMILES string of the molecule is O=C(NC1CC1)c1cccc(S(=O)(=O)N2CCC[C@H]2C(=O)O)c1. The molecule has 1 aliphatic carbocycles. The van der Waals surface area contributed by atoms with Crippen molar-refractivity contribution in [2.45, 2.75) is 42.7 Å². The van der Waals surface area contributed by atoms with Gasteiger partial charge in [0.25, 0.3) is 5.91 Å². The van der Waals surface area contributed by atoms with Gasteiger partial charge in [-0.25, -0.2) is 8.42 Å². The van der Waals surface area contributed by atoms with Crippen LogP contribution in [-0.2, 0) is 14.8 Å². The fourth-order valence-corrected chi connectivity index (χ4v) is 4.40. The van der Waals surface area contributed by atoms with E-state index in [1.54, 1.807) is 6.07 Å². The largest absolute Gasteiger partial charge is 0.480 e. The lowest BCUT2D eigenvalue weighted by molar-refractivity contribution is -0.140. The highest BCUT2D eigenvalue weighted by Gasteiger charge is 2.39. The number of amides is 1. The highest BCUT2D eigenvalue weighted by Crippen LogP contribution is 2.27. The summed E-state index contributed by atoms with van der Waals surface area (Å²) in [6.07, 6.45) is 2.70. The Morgan fingerprint density at radius 1 is 1.22 bits per heavy atom. The van der Waals surface area contributed by atoms with Crippen LogP contribution in [0.5, 0.6) is 0 Å². The van der Waals surface area contributed by atoms with E-state index in [0.717, 1.165) is 17.1 Å². The number of carboxylic acids is 1. The number of aliphatic carboxylic acids is 1. The summed E-state index contributed by atoms with van der Waals surface area (Å²) < 4.78 is 26.4. The third kappa shape index (κ3) is 3.23. The van der Waals surface area contributed by atoms with Crippen molar-refractivity contribution in [1.29, 1.82) is 0 Å². The van der Waals surface area contributed by atoms with Crippen molar-refractivity contribution in [1.82, 2.24) is 9.62 Å². The quantitative estimate of drug-likeness (QED) is 0.827. The van der Waals surface area contributed by atoms with Gasteiger partial charge >= 0.3 is 5.97 Å². The first kappa shape index (κ1) is 15.9. The molecule has 23 heavy (non-hydrogen) atoms. The number of carbonyl (C=O) groups excluding carboxylic acids is 1. The third-order valence-electron chi connectivity index (χ3n) is 4.10. The first-order chi connectivity index (χ1) is 10.9. The highest BCUT2D eigenvalue weighted by molar-refractivity contribution is 7.89. The maximum atomic E-state index is 12.7. The summed E-state index contributed by atoms with van der Waals surface area (Å²) in [7, 11) is -3.93. The van der Waals surface area contributed by atoms with Crippen molar-refractivity contribution in [2.75, 3.05) is 6.54 Å². The topological polar surface area (TPSA) is 104 Å². The molecule has 0 radical (unpaired) electrons. The number of carbonyl (C=O) groups is 2. The average Bonchev–Trinajstić information content (AvgIpc) is 3.17. The normalized spacial score (nSPS) is 22.0. The van der Waals surface area contributed by atoms with Crippen molar-refractivity contribution in [3.63, 3.8) is 0 Å². The van der Waals surface area contributed by atoms with E-state index >= 15 is 0 Å². The molecular formula is C15H18N2O5S. The van der Waals surface area contributed by atoms with E-state index in [0.29, 0.717) is 12.8 Å². The van der Waals surface area contributed by atoms with E-state index in [4.69, 9.17) is 0 Å². The van der Waals surface area contributed by atoms with Crippen LogP contribution < -0.4 is 5.32 Å². The predicted octanol–water partition coefficient (Wildman–Crippen LogP) is 0.816. The van der Waals surface area contributed by atoms with Gasteiger partial charge in [0, 0.05) is 18.2 Å². The average molecular weight is 338 g/mol. The molecule has 2 aliphatic rings. The van der Waals surface area contributed by atoms with Gasteiger partial charge in [0.05, 0.1) is 4.90 Å². The lowest BCUT2D eigenvalue weighted by atomic mass is 10.2. The van der Waals surface area contributed by atoms with Crippen molar-refractivity contribution >= 4 is 21.9 Å². The van der Waals surface area contributed by atoms with Gasteiger partial charge in [0.2, 0.25) is 10.0 Å². The molecule has 0 aromatic heterocycles. The molecule has 3 rings (SSSR count). The minimum absolute atomic E-state index is 0.0471. The Balaban J connectivity index is 1.87. The van der Waals surface area contributed by atoms with E-state index in [1.807, 2.05) is 0 Å². The molecule has 7 nitrogen and oxygen atoms in total. The van der Waals surface area contributed by atoms with Gasteiger partial charge < -0.3 is 10.4 Å². The maximum Gasteiger partial charge on any atom is 0.322 e. The van der Waals surface area contributed by atoms with E-state index in [1.165, 1.54) is 18.2 Å². The van der Waals surface area contributed by atoms with Gasteiger partial charge in [-0.1, -0.05) is 6.07 Å². The van der Waals surface area contributed by atoms with Crippen LogP contribution in [0.4, 0.5) is 0 Å². The van der Waals surface area contributed by atoms with Crippen LogP contribution in [0.25, 0.3) is 0 Å². The number of hydrogen-bond donors (Lipinski definition) is 2. The zero-order valence-electron chi connectivity index (χ0n) is 12.4. The van der Waals surface area contributed by atoms with Crippen molar-refractivity contribution in [3.05, 3.63) is 29.8 Å². The predicted molar refractivity (Wildman–Crippen MR) is 81.5 cm³/mol. The number of carboxylic acid groups (broad SMARTS) is 1. The Bertz CT molecular complexity index is 742. The fraction of sp³-hybridized carbons (Fsp3) is 0.467. The maximum absolute atomic E-state index is 12.7. The fourth-order valence-electron chi connectivity index (χ4n) is 2.70. The van der Waals surface area contributed by atoms with Crippen molar-refractivity contribution < 1.29 is 23.1 Å². The summed E-state index contributed by atoms with van der Waals surface area (Å²) in [4.78, 5) is 23.2. The summed E-state index contributed by atoms with van der Waals surface area (Å²) in [6, 6.07) is 4.89. The molecule has 2 N–H and O–H groups in total. The molecule has 1 aromatic carbocycles. The molecule has 2 fully saturated rings. The summed E-state index contributed by atoms with van der Waals surface area (Å²) in [5.74, 6) is -1.45. The molecule has 1 aromatic rings. The number of nitrogens with zero attached hydrogens (tertiary/aromatic N) is 1. The van der Waals surface area contributed by atoms with Gasteiger partial charge in [0.1, 0.15) is 6.04 Å². The van der Waals surface area contributed by atoms with Gasteiger partial charge in [-0.05, 0) is 43.9 Å². The summed E-state index contributed by atoms with van der Waals surface area (Å²) in [5, 5.41) is 12.0. The standard InChI is InChI=1S/C15H18N2O5S/c18-14(16-11-6-7-11)10-3-1-4-12(9-10)23(21,22)17-8-2-5-13(17)15(19)20/h1,3-4,9,11,13H,2,5-8H2,(H,16,18)(H,19,20)/t13-/m0/s1. The molecular weight excluding hydrogens is 320 g/mol. The Morgan fingerprint density at radius 3 is 2.61 bits per heavy atom. The zero-order chi connectivity index (χ0) is 16.6. The Hall–Kier alpha value is -1.93. The van der Waals surface area contributed by atoms with Gasteiger partial charge in [0.15, 0.2) is 0 Å². The minimum Gasteiger partial charge on any atom is -0.480 e. The van der Waals surface area contributed by atoms with E-state index in [-0.39, 0.29) is 29.0 Å². The molecule has 1 saturated carbocycles. The molecule has 1 aliphatic heterocycles. The van der Waals surface area contributed by atoms with Crippen LogP contribution in [0.2, 0.25) is 0 Å². The van der Waals surface area contributed by atoms with Gasteiger partial charge in [-0.15, -0.1) is 0 Å². The Kier molecular flexibility index (Phi) is 4.11. The van der Waals surface area contributed by atoms with Crippen LogP contribution in [-0.4, -0.2) is 48.3 Å². The lowest BCUT2D eigenvalue weighted by Gasteiger charge is -2.21. The number of rotatable bonds is 5. The number of benzene rings is 1. The van der Waals surface area contributed by atoms with Crippen LogP contribution in [0, 0.1) is 0 Å². The van der Waals surface area contributed by atoms with E-state index in [2.05, 4.69) is 5.32 Å². The summed E-state index contributed by atoms with van der Waals surface area (Å²) in [5.41, 5.74) is 0.268.